The maximum Gasteiger partial charge on any atom is 0.430 e. The van der Waals surface area contributed by atoms with Crippen LogP contribution < -0.4 is 10.1 Å². The average Bonchev–Trinajstić information content (AvgIpc) is 2.49. The lowest BCUT2D eigenvalue weighted by atomic mass is 9.88. The molecule has 0 radical (unpaired) electrons. The molecule has 0 fully saturated rings. The minimum atomic E-state index is -6.01. The molecule has 0 bridgehead atoms. The second-order valence-electron chi connectivity index (χ2n) is 5.00. The predicted molar refractivity (Wildman–Crippen MR) is 74.2 cm³/mol. The SMILES string of the molecule is COC(=O)CNc1cc(C)c(C(O)(C(F)(F)F)C(F)(F)F)cc1OC. The molecule has 0 atom stereocenters. The van der Waals surface area contributed by atoms with E-state index < -0.39 is 47.3 Å². The number of aliphatic hydroxyl groups is 1. The van der Waals surface area contributed by atoms with E-state index in [9.17, 15) is 36.2 Å². The van der Waals surface area contributed by atoms with Crippen molar-refractivity contribution in [3.05, 3.63) is 23.3 Å². The van der Waals surface area contributed by atoms with Gasteiger partial charge < -0.3 is 19.9 Å². The first kappa shape index (κ1) is 20.9. The van der Waals surface area contributed by atoms with E-state index in [1.54, 1.807) is 0 Å². The van der Waals surface area contributed by atoms with Gasteiger partial charge in [0.05, 0.1) is 19.9 Å². The molecule has 0 aromatic heterocycles. The number of alkyl halides is 6. The van der Waals surface area contributed by atoms with Gasteiger partial charge in [-0.1, -0.05) is 0 Å². The number of ether oxygens (including phenoxy) is 2. The molecule has 0 aliphatic carbocycles. The van der Waals surface area contributed by atoms with Crippen molar-refractivity contribution < 1.29 is 45.7 Å². The van der Waals surface area contributed by atoms with Crippen molar-refractivity contribution in [1.29, 1.82) is 0 Å². The van der Waals surface area contributed by atoms with E-state index in [1.165, 1.54) is 0 Å². The van der Waals surface area contributed by atoms with Crippen LogP contribution in [0.4, 0.5) is 32.0 Å². The van der Waals surface area contributed by atoms with Crippen molar-refractivity contribution in [1.82, 2.24) is 0 Å². The number of carbonyl (C=O) groups excluding carboxylic acids is 1. The summed E-state index contributed by atoms with van der Waals surface area (Å²) in [4.78, 5) is 11.1. The van der Waals surface area contributed by atoms with E-state index in [4.69, 9.17) is 4.74 Å². The first-order valence-electron chi connectivity index (χ1n) is 6.65. The third-order valence-corrected chi connectivity index (χ3v) is 3.41. The Morgan fingerprint density at radius 1 is 1.12 bits per heavy atom. The van der Waals surface area contributed by atoms with Crippen LogP contribution in [0.1, 0.15) is 11.1 Å². The van der Waals surface area contributed by atoms with E-state index in [-0.39, 0.29) is 5.69 Å². The number of methoxy groups -OCH3 is 2. The van der Waals surface area contributed by atoms with Crippen molar-refractivity contribution in [2.45, 2.75) is 24.9 Å². The highest BCUT2D eigenvalue weighted by Crippen LogP contribution is 2.52. The van der Waals surface area contributed by atoms with Gasteiger partial charge in [-0.2, -0.15) is 26.3 Å². The van der Waals surface area contributed by atoms with Crippen molar-refractivity contribution in [2.75, 3.05) is 26.1 Å². The molecule has 1 aromatic carbocycles. The maximum absolute atomic E-state index is 13.0. The summed E-state index contributed by atoms with van der Waals surface area (Å²) in [6, 6.07) is 1.33. The van der Waals surface area contributed by atoms with Gasteiger partial charge in [0.2, 0.25) is 0 Å². The Balaban J connectivity index is 3.49. The monoisotopic (exact) mass is 375 g/mol. The summed E-state index contributed by atoms with van der Waals surface area (Å²) in [5.74, 6) is -1.14. The number of nitrogens with one attached hydrogen (secondary N) is 1. The average molecular weight is 375 g/mol. The molecule has 0 saturated carbocycles. The molecule has 0 unspecified atom stereocenters. The number of hydrogen-bond acceptors (Lipinski definition) is 5. The second-order valence-corrected chi connectivity index (χ2v) is 5.00. The Hall–Kier alpha value is -2.17. The Labute approximate surface area is 138 Å². The molecule has 1 aromatic rings. The van der Waals surface area contributed by atoms with Crippen LogP contribution in [0.15, 0.2) is 12.1 Å². The fraction of sp³-hybridized carbons (Fsp3) is 0.500. The van der Waals surface area contributed by atoms with E-state index >= 15 is 0 Å². The summed E-state index contributed by atoms with van der Waals surface area (Å²) in [6.45, 7) is 0.564. The smallest absolute Gasteiger partial charge is 0.430 e. The number of carbonyl (C=O) groups is 1. The Morgan fingerprint density at radius 2 is 1.64 bits per heavy atom. The van der Waals surface area contributed by atoms with E-state index in [2.05, 4.69) is 10.1 Å². The molecule has 11 heteroatoms. The molecule has 142 valence electrons. The summed E-state index contributed by atoms with van der Waals surface area (Å²) < 4.78 is 87.2. The first-order chi connectivity index (χ1) is 11.3. The Kier molecular flexibility index (Phi) is 5.83. The van der Waals surface area contributed by atoms with Crippen LogP contribution in [-0.2, 0) is 15.1 Å². The number of rotatable bonds is 5. The second kappa shape index (κ2) is 6.98. The lowest BCUT2D eigenvalue weighted by molar-refractivity contribution is -0.376. The molecule has 0 heterocycles. The number of benzene rings is 1. The topological polar surface area (TPSA) is 67.8 Å². The van der Waals surface area contributed by atoms with Crippen LogP contribution >= 0.6 is 0 Å². The van der Waals surface area contributed by atoms with Gasteiger partial charge in [-0.25, -0.2) is 0 Å². The summed E-state index contributed by atoms with van der Waals surface area (Å²) in [7, 11) is 2.11. The van der Waals surface area contributed by atoms with E-state index in [0.717, 1.165) is 27.2 Å². The lowest BCUT2D eigenvalue weighted by Gasteiger charge is -2.34. The molecule has 0 aliphatic rings. The third-order valence-electron chi connectivity index (χ3n) is 3.41. The Morgan fingerprint density at radius 3 is 2.04 bits per heavy atom. The third kappa shape index (κ3) is 3.91. The summed E-state index contributed by atoms with van der Waals surface area (Å²) in [5.41, 5.74) is -7.04. The summed E-state index contributed by atoms with van der Waals surface area (Å²) >= 11 is 0. The number of anilines is 1. The highest BCUT2D eigenvalue weighted by molar-refractivity contribution is 5.76. The predicted octanol–water partition coefficient (Wildman–Crippen LogP) is 2.90. The highest BCUT2D eigenvalue weighted by Gasteiger charge is 2.71. The fourth-order valence-electron chi connectivity index (χ4n) is 2.09. The van der Waals surface area contributed by atoms with Crippen LogP contribution in [0.25, 0.3) is 0 Å². The van der Waals surface area contributed by atoms with Gasteiger partial charge in [0, 0.05) is 5.56 Å². The molecule has 0 amide bonds. The number of esters is 1. The zero-order chi connectivity index (χ0) is 19.6. The van der Waals surface area contributed by atoms with Crippen molar-refractivity contribution in [3.63, 3.8) is 0 Å². The van der Waals surface area contributed by atoms with Crippen LogP contribution in [0.5, 0.6) is 5.75 Å². The lowest BCUT2D eigenvalue weighted by Crippen LogP contribution is -2.54. The van der Waals surface area contributed by atoms with E-state index in [1.807, 2.05) is 0 Å². The molecule has 1 rings (SSSR count). The maximum atomic E-state index is 13.0. The van der Waals surface area contributed by atoms with Crippen LogP contribution in [0.3, 0.4) is 0 Å². The standard InChI is InChI=1S/C14H15F6NO4/c1-7-4-9(21-6-11(22)25-3)10(24-2)5-8(7)12(23,13(15,16)17)14(18,19)20/h4-5,21,23H,6H2,1-3H3. The summed E-state index contributed by atoms with van der Waals surface area (Å²) in [6.07, 6.45) is -12.0. The summed E-state index contributed by atoms with van der Waals surface area (Å²) in [5, 5.41) is 12.0. The van der Waals surface area contributed by atoms with Crippen molar-refractivity contribution in [2.24, 2.45) is 0 Å². The molecular weight excluding hydrogens is 360 g/mol. The van der Waals surface area contributed by atoms with Gasteiger partial charge in [0.25, 0.3) is 5.60 Å². The van der Waals surface area contributed by atoms with Gasteiger partial charge in [-0.05, 0) is 24.6 Å². The molecule has 5 nitrogen and oxygen atoms in total. The quantitative estimate of drug-likeness (QED) is 0.612. The minimum absolute atomic E-state index is 0.0409. The van der Waals surface area contributed by atoms with Crippen molar-refractivity contribution in [3.8, 4) is 5.75 Å². The molecule has 0 saturated heterocycles. The molecule has 0 aliphatic heterocycles. The molecule has 2 N–H and O–H groups in total. The van der Waals surface area contributed by atoms with Gasteiger partial charge >= 0.3 is 18.3 Å². The molecule has 0 spiro atoms. The number of hydrogen-bond donors (Lipinski definition) is 2. The van der Waals surface area contributed by atoms with Gasteiger partial charge in [0.1, 0.15) is 12.3 Å². The van der Waals surface area contributed by atoms with Gasteiger partial charge in [-0.3, -0.25) is 4.79 Å². The normalized spacial score (nSPS) is 12.7. The fourth-order valence-corrected chi connectivity index (χ4v) is 2.09. The molecular formula is C14H15F6NO4. The van der Waals surface area contributed by atoms with Crippen molar-refractivity contribution >= 4 is 11.7 Å². The van der Waals surface area contributed by atoms with E-state index in [0.29, 0.717) is 6.07 Å². The number of halogens is 6. The van der Waals surface area contributed by atoms with Gasteiger partial charge in [-0.15, -0.1) is 0 Å². The van der Waals surface area contributed by atoms with Gasteiger partial charge in [0.15, 0.2) is 0 Å². The largest absolute Gasteiger partial charge is 0.495 e. The van der Waals surface area contributed by atoms with Crippen LogP contribution in [0.2, 0.25) is 0 Å². The number of aryl methyl sites for hydroxylation is 1. The van der Waals surface area contributed by atoms with Crippen LogP contribution in [0, 0.1) is 6.92 Å². The first-order valence-corrected chi connectivity index (χ1v) is 6.65. The van der Waals surface area contributed by atoms with Crippen LogP contribution in [-0.4, -0.2) is 44.2 Å². The zero-order valence-corrected chi connectivity index (χ0v) is 13.3. The highest BCUT2D eigenvalue weighted by atomic mass is 19.4. The zero-order valence-electron chi connectivity index (χ0n) is 13.3. The molecule has 25 heavy (non-hydrogen) atoms. The Bertz CT molecular complexity index is 627. The minimum Gasteiger partial charge on any atom is -0.495 e.